The maximum Gasteiger partial charge on any atom is 0.260 e. The fraction of sp³-hybridized carbons (Fsp3) is 0.263. The number of amides is 2. The summed E-state index contributed by atoms with van der Waals surface area (Å²) in [6.45, 7) is 2.00. The number of hydrogen-bond acceptors (Lipinski definition) is 2. The number of anilines is 2. The number of benzene rings is 2. The highest BCUT2D eigenvalue weighted by atomic mass is 19.1. The number of nitrogens with one attached hydrogen (secondary N) is 1. The minimum Gasteiger partial charge on any atom is -0.325 e. The number of hydrogen-bond donors (Lipinski definition) is 1. The first-order valence-electron chi connectivity index (χ1n) is 7.91. The van der Waals surface area contributed by atoms with Gasteiger partial charge >= 0.3 is 0 Å². The summed E-state index contributed by atoms with van der Waals surface area (Å²) in [5, 5.41) is 2.76. The second-order valence-corrected chi connectivity index (χ2v) is 6.20. The number of rotatable bonds is 4. The van der Waals surface area contributed by atoms with Gasteiger partial charge in [-0.3, -0.25) is 9.59 Å². The Labute approximate surface area is 140 Å². The summed E-state index contributed by atoms with van der Waals surface area (Å²) in [6, 6.07) is 12.9. The number of nitrogens with zero attached hydrogens (tertiary/aromatic N) is 1. The second kappa shape index (κ2) is 6.43. The smallest absolute Gasteiger partial charge is 0.260 e. The lowest BCUT2D eigenvalue weighted by Crippen LogP contribution is -2.28. The van der Waals surface area contributed by atoms with Crippen LogP contribution >= 0.6 is 0 Å². The number of carbonyl (C=O) groups is 2. The Kier molecular flexibility index (Phi) is 4.34. The van der Waals surface area contributed by atoms with Crippen molar-refractivity contribution in [2.45, 2.75) is 13.3 Å². The highest BCUT2D eigenvalue weighted by molar-refractivity contribution is 6.11. The third kappa shape index (κ3) is 3.30. The van der Waals surface area contributed by atoms with Gasteiger partial charge in [-0.15, -0.1) is 0 Å². The van der Waals surface area contributed by atoms with Gasteiger partial charge in [0.1, 0.15) is 5.82 Å². The first-order chi connectivity index (χ1) is 11.5. The van der Waals surface area contributed by atoms with Crippen LogP contribution in [-0.2, 0) is 4.79 Å². The molecule has 0 radical (unpaired) electrons. The topological polar surface area (TPSA) is 49.4 Å². The molecule has 1 aliphatic carbocycles. The molecule has 2 aromatic carbocycles. The van der Waals surface area contributed by atoms with Gasteiger partial charge in [0.05, 0.1) is 11.3 Å². The van der Waals surface area contributed by atoms with Crippen LogP contribution in [0.2, 0.25) is 0 Å². The summed E-state index contributed by atoms with van der Waals surface area (Å²) in [6.07, 6.45) is 0.847. The molecule has 0 bridgehead atoms. The van der Waals surface area contributed by atoms with Crippen molar-refractivity contribution >= 4 is 23.2 Å². The van der Waals surface area contributed by atoms with Gasteiger partial charge in [-0.1, -0.05) is 25.1 Å². The number of para-hydroxylation sites is 1. The summed E-state index contributed by atoms with van der Waals surface area (Å²) >= 11 is 0. The van der Waals surface area contributed by atoms with Crippen LogP contribution in [-0.4, -0.2) is 18.9 Å². The van der Waals surface area contributed by atoms with Crippen LogP contribution in [0.4, 0.5) is 15.8 Å². The van der Waals surface area contributed by atoms with Gasteiger partial charge in [0.2, 0.25) is 5.91 Å². The first kappa shape index (κ1) is 16.2. The van der Waals surface area contributed by atoms with E-state index in [0.29, 0.717) is 17.3 Å². The molecule has 1 fully saturated rings. The maximum atomic E-state index is 13.7. The molecule has 124 valence electrons. The van der Waals surface area contributed by atoms with Gasteiger partial charge < -0.3 is 10.2 Å². The molecule has 2 amide bonds. The minimum absolute atomic E-state index is 0.0233. The fourth-order valence-electron chi connectivity index (χ4n) is 2.66. The molecule has 2 aromatic rings. The molecule has 0 heterocycles. The molecule has 0 aromatic heterocycles. The van der Waals surface area contributed by atoms with Gasteiger partial charge in [-0.05, 0) is 42.7 Å². The van der Waals surface area contributed by atoms with E-state index >= 15 is 0 Å². The zero-order chi connectivity index (χ0) is 17.3. The van der Waals surface area contributed by atoms with Crippen molar-refractivity contribution in [2.24, 2.45) is 11.8 Å². The molecule has 2 unspecified atom stereocenters. The summed E-state index contributed by atoms with van der Waals surface area (Å²) in [5.41, 5.74) is 1.18. The van der Waals surface area contributed by atoms with Crippen LogP contribution in [0.1, 0.15) is 23.7 Å². The number of halogens is 1. The van der Waals surface area contributed by atoms with Crippen LogP contribution in [0.5, 0.6) is 0 Å². The van der Waals surface area contributed by atoms with Crippen molar-refractivity contribution in [3.8, 4) is 0 Å². The molecule has 0 saturated heterocycles. The third-order valence-corrected chi connectivity index (χ3v) is 4.36. The quantitative estimate of drug-likeness (QED) is 0.931. The SMILES string of the molecule is CC1CC1C(=O)Nc1ccc(F)cc1C(=O)N(C)c1ccccc1. The third-order valence-electron chi connectivity index (χ3n) is 4.36. The molecule has 2 atom stereocenters. The van der Waals surface area contributed by atoms with Crippen molar-refractivity contribution in [3.05, 3.63) is 59.9 Å². The van der Waals surface area contributed by atoms with E-state index in [2.05, 4.69) is 5.32 Å². The van der Waals surface area contributed by atoms with Gasteiger partial charge in [0, 0.05) is 18.7 Å². The van der Waals surface area contributed by atoms with Crippen LogP contribution < -0.4 is 10.2 Å². The lowest BCUT2D eigenvalue weighted by molar-refractivity contribution is -0.117. The molecule has 1 aliphatic rings. The molecule has 4 nitrogen and oxygen atoms in total. The van der Waals surface area contributed by atoms with Crippen molar-refractivity contribution in [2.75, 3.05) is 17.3 Å². The summed E-state index contributed by atoms with van der Waals surface area (Å²) < 4.78 is 13.7. The van der Waals surface area contributed by atoms with Crippen molar-refractivity contribution < 1.29 is 14.0 Å². The van der Waals surface area contributed by atoms with Gasteiger partial charge in [0.15, 0.2) is 0 Å². The average molecular weight is 326 g/mol. The van der Waals surface area contributed by atoms with Gasteiger partial charge in [0.25, 0.3) is 5.91 Å². The molecule has 24 heavy (non-hydrogen) atoms. The summed E-state index contributed by atoms with van der Waals surface area (Å²) in [7, 11) is 1.62. The maximum absolute atomic E-state index is 13.7. The van der Waals surface area contributed by atoms with Crippen LogP contribution in [0, 0.1) is 17.7 Å². The van der Waals surface area contributed by atoms with E-state index < -0.39 is 5.82 Å². The van der Waals surface area contributed by atoms with E-state index in [4.69, 9.17) is 0 Å². The molecule has 0 aliphatic heterocycles. The molecular weight excluding hydrogens is 307 g/mol. The number of carbonyl (C=O) groups excluding carboxylic acids is 2. The molecular formula is C19H19FN2O2. The Morgan fingerprint density at radius 3 is 2.46 bits per heavy atom. The zero-order valence-corrected chi connectivity index (χ0v) is 13.6. The molecule has 5 heteroatoms. The average Bonchev–Trinajstić information content (AvgIpc) is 3.33. The Hall–Kier alpha value is -2.69. The van der Waals surface area contributed by atoms with E-state index in [1.165, 1.54) is 17.0 Å². The van der Waals surface area contributed by atoms with Gasteiger partial charge in [-0.2, -0.15) is 0 Å². The van der Waals surface area contributed by atoms with Crippen LogP contribution in [0.25, 0.3) is 0 Å². The Morgan fingerprint density at radius 2 is 1.83 bits per heavy atom. The normalized spacial score (nSPS) is 18.8. The van der Waals surface area contributed by atoms with Crippen molar-refractivity contribution in [3.63, 3.8) is 0 Å². The van der Waals surface area contributed by atoms with Crippen LogP contribution in [0.3, 0.4) is 0 Å². The molecule has 1 saturated carbocycles. The lowest BCUT2D eigenvalue weighted by atomic mass is 10.1. The predicted molar refractivity (Wildman–Crippen MR) is 91.5 cm³/mol. The highest BCUT2D eigenvalue weighted by Crippen LogP contribution is 2.38. The highest BCUT2D eigenvalue weighted by Gasteiger charge is 2.39. The van der Waals surface area contributed by atoms with E-state index in [1.54, 1.807) is 19.2 Å². The molecule has 3 rings (SSSR count). The van der Waals surface area contributed by atoms with E-state index in [-0.39, 0.29) is 23.3 Å². The van der Waals surface area contributed by atoms with Crippen molar-refractivity contribution in [1.29, 1.82) is 0 Å². The van der Waals surface area contributed by atoms with E-state index in [0.717, 1.165) is 12.5 Å². The zero-order valence-electron chi connectivity index (χ0n) is 13.6. The summed E-state index contributed by atoms with van der Waals surface area (Å²) in [4.78, 5) is 26.3. The standard InChI is InChI=1S/C19H19FN2O2/c1-12-10-15(12)18(23)21-17-9-8-13(20)11-16(17)19(24)22(2)14-6-4-3-5-7-14/h3-9,11-12,15H,10H2,1-2H3,(H,21,23). The molecule has 0 spiro atoms. The van der Waals surface area contributed by atoms with Crippen molar-refractivity contribution in [1.82, 2.24) is 0 Å². The molecule has 1 N–H and O–H groups in total. The monoisotopic (exact) mass is 326 g/mol. The minimum atomic E-state index is -0.516. The largest absolute Gasteiger partial charge is 0.325 e. The fourth-order valence-corrected chi connectivity index (χ4v) is 2.66. The Bertz CT molecular complexity index is 776. The van der Waals surface area contributed by atoms with E-state index in [1.807, 2.05) is 25.1 Å². The first-order valence-corrected chi connectivity index (χ1v) is 7.91. The predicted octanol–water partition coefficient (Wildman–Crippen LogP) is 3.70. The Morgan fingerprint density at radius 1 is 1.17 bits per heavy atom. The summed E-state index contributed by atoms with van der Waals surface area (Å²) in [5.74, 6) is -0.676. The Balaban J connectivity index is 1.87. The van der Waals surface area contributed by atoms with Crippen LogP contribution in [0.15, 0.2) is 48.5 Å². The van der Waals surface area contributed by atoms with Gasteiger partial charge in [-0.25, -0.2) is 4.39 Å². The second-order valence-electron chi connectivity index (χ2n) is 6.20. The van der Waals surface area contributed by atoms with E-state index in [9.17, 15) is 14.0 Å². The lowest BCUT2D eigenvalue weighted by Gasteiger charge is -2.19.